The highest BCUT2D eigenvalue weighted by Gasteiger charge is 2.25. The second-order valence-electron chi connectivity index (χ2n) is 36.4. The molecule has 27 aromatic rings. The maximum atomic E-state index is 6.56. The van der Waals surface area contributed by atoms with E-state index in [0.29, 0.717) is 0 Å². The van der Waals surface area contributed by atoms with Gasteiger partial charge in [-0.05, 0) is 254 Å². The molecule has 0 N–H and O–H groups in total. The van der Waals surface area contributed by atoms with Crippen LogP contribution in [-0.4, -0.2) is 0 Å². The summed E-state index contributed by atoms with van der Waals surface area (Å²) in [5.41, 5.74) is 35.1. The van der Waals surface area contributed by atoms with Crippen molar-refractivity contribution < 1.29 is 8.83 Å². The molecule has 0 bridgehead atoms. The van der Waals surface area contributed by atoms with Crippen molar-refractivity contribution in [3.63, 3.8) is 0 Å². The molecule has 0 radical (unpaired) electrons. The van der Waals surface area contributed by atoms with Crippen LogP contribution in [0.2, 0.25) is 0 Å². The quantitative estimate of drug-likeness (QED) is 0.0856. The predicted molar refractivity (Wildman–Crippen MR) is 612 cm³/mol. The Morgan fingerprint density at radius 3 is 0.812 bits per heavy atom. The van der Waals surface area contributed by atoms with Crippen molar-refractivity contribution in [3.8, 4) is 100 Å². The molecule has 0 atom stereocenters. The topological polar surface area (TPSA) is 36.0 Å². The number of nitrogens with zero attached hydrogens (tertiary/aromatic N) is 3. The molecule has 3 heterocycles. The molecule has 0 unspecified atom stereocenters. The molecule has 3 aromatic heterocycles. The maximum Gasteiger partial charge on any atom is 0.159 e. The molecular weight excluding hydrogens is 1760 g/mol. The van der Waals surface area contributed by atoms with Gasteiger partial charge < -0.3 is 23.5 Å². The lowest BCUT2D eigenvalue weighted by atomic mass is 9.90. The summed E-state index contributed by atoms with van der Waals surface area (Å²) in [5.74, 6) is 0. The Morgan fingerprint density at radius 1 is 0.146 bits per heavy atom. The lowest BCUT2D eigenvalue weighted by Gasteiger charge is -2.26. The van der Waals surface area contributed by atoms with Crippen molar-refractivity contribution in [1.82, 2.24) is 0 Å². The standard InChI is InChI=1S/2C46H31NO.C46H31NS/c1-3-12-32(13-4-1)33-22-27-37(28-23-33)47(43-20-11-19-42-41-18-9-10-21-44(41)48-46(42)43)38-29-24-35(25-30-38)40-31-26-34-14-7-8-17-39(34)45(40)36-15-5-2-6-16-36;2*1-3-11-32(12-4-1)33-19-24-37(25-20-33)47(39-28-30-43-42-17-9-10-18-44(42)48-45(43)31-39)38-26-21-35(22-27-38)41-29-23-34-13-7-8-16-40(34)46(41)36-14-5-2-6-15-36/h3*1-31H. The average Bonchev–Trinajstić information content (AvgIpc) is 1.58. The highest BCUT2D eigenvalue weighted by Crippen LogP contribution is 2.50. The zero-order valence-electron chi connectivity index (χ0n) is 78.8. The highest BCUT2D eigenvalue weighted by atomic mass is 32.1. The van der Waals surface area contributed by atoms with Crippen molar-refractivity contribution in [3.05, 3.63) is 564 Å². The van der Waals surface area contributed by atoms with E-state index in [-0.39, 0.29) is 0 Å². The molecule has 24 aromatic carbocycles. The van der Waals surface area contributed by atoms with Gasteiger partial charge in [0.15, 0.2) is 5.58 Å². The van der Waals surface area contributed by atoms with E-state index >= 15 is 0 Å². The SMILES string of the molecule is c1ccc(-c2ccc(N(c3ccc(-c4ccc5ccccc5c4-c4ccccc4)cc3)c3ccc4c(c3)oc3ccccc34)cc2)cc1.c1ccc(-c2ccc(N(c3ccc(-c4ccc5ccccc5c4-c4ccccc4)cc3)c3ccc4c(c3)sc3ccccc34)cc2)cc1.c1ccc(-c2ccc(N(c3ccc(-c4ccc5ccccc5c4-c4ccccc4)cc3)c3cccc4c3oc3ccccc34)cc2)cc1. The van der Waals surface area contributed by atoms with Crippen molar-refractivity contribution in [2.75, 3.05) is 14.7 Å². The van der Waals surface area contributed by atoms with Gasteiger partial charge in [0, 0.05) is 93.3 Å². The Bertz CT molecular complexity index is 8960. The third-order valence-corrected chi connectivity index (χ3v) is 29.0. The molecule has 0 aliphatic carbocycles. The summed E-state index contributed by atoms with van der Waals surface area (Å²) in [6, 6.07) is 202. The first kappa shape index (κ1) is 86.8. The van der Waals surface area contributed by atoms with Gasteiger partial charge in [0.25, 0.3) is 0 Å². The highest BCUT2D eigenvalue weighted by molar-refractivity contribution is 7.25. The smallest absolute Gasteiger partial charge is 0.159 e. The first-order valence-electron chi connectivity index (χ1n) is 49.0. The first-order chi connectivity index (χ1) is 71.4. The van der Waals surface area contributed by atoms with E-state index in [1.165, 1.54) is 153 Å². The summed E-state index contributed by atoms with van der Waals surface area (Å²) in [4.78, 5) is 6.99. The zero-order chi connectivity index (χ0) is 95.6. The van der Waals surface area contributed by atoms with Crippen LogP contribution in [0, 0.1) is 0 Å². The number of rotatable bonds is 18. The van der Waals surface area contributed by atoms with E-state index in [1.807, 2.05) is 35.6 Å². The Morgan fingerprint density at radius 2 is 0.417 bits per heavy atom. The molecule has 0 saturated heterocycles. The lowest BCUT2D eigenvalue weighted by molar-refractivity contribution is 0.668. The second kappa shape index (κ2) is 38.6. The third-order valence-electron chi connectivity index (χ3n) is 27.8. The summed E-state index contributed by atoms with van der Waals surface area (Å²) >= 11 is 1.86. The molecule has 678 valence electrons. The Labute approximate surface area is 840 Å². The van der Waals surface area contributed by atoms with Crippen molar-refractivity contribution in [1.29, 1.82) is 0 Å². The first-order valence-corrected chi connectivity index (χ1v) is 49.9. The Balaban J connectivity index is 0.000000113. The monoisotopic (exact) mass is 1860 g/mol. The Hall–Kier alpha value is -18.7. The predicted octanol–water partition coefficient (Wildman–Crippen LogP) is 40.1. The second-order valence-corrected chi connectivity index (χ2v) is 37.5. The van der Waals surface area contributed by atoms with Crippen LogP contribution < -0.4 is 14.7 Å². The minimum Gasteiger partial charge on any atom is -0.456 e. The van der Waals surface area contributed by atoms with Crippen LogP contribution in [0.25, 0.3) is 197 Å². The van der Waals surface area contributed by atoms with Crippen LogP contribution in [0.15, 0.2) is 573 Å². The van der Waals surface area contributed by atoms with Gasteiger partial charge in [-0.3, -0.25) is 0 Å². The van der Waals surface area contributed by atoms with Crippen LogP contribution >= 0.6 is 11.3 Å². The summed E-state index contributed by atoms with van der Waals surface area (Å²) in [7, 11) is 0. The summed E-state index contributed by atoms with van der Waals surface area (Å²) in [5, 5.41) is 14.6. The number of furan rings is 2. The molecule has 0 amide bonds. The van der Waals surface area contributed by atoms with E-state index in [4.69, 9.17) is 8.83 Å². The lowest BCUT2D eigenvalue weighted by Crippen LogP contribution is -2.10. The number of para-hydroxylation sites is 3. The molecule has 0 spiro atoms. The third kappa shape index (κ3) is 16.9. The van der Waals surface area contributed by atoms with Gasteiger partial charge in [0.05, 0.1) is 5.69 Å². The molecule has 27 rings (SSSR count). The van der Waals surface area contributed by atoms with Crippen LogP contribution in [0.3, 0.4) is 0 Å². The van der Waals surface area contributed by atoms with Gasteiger partial charge in [-0.2, -0.15) is 0 Å². The van der Waals surface area contributed by atoms with E-state index in [0.717, 1.165) is 95.1 Å². The van der Waals surface area contributed by atoms with E-state index in [9.17, 15) is 0 Å². The van der Waals surface area contributed by atoms with Crippen LogP contribution in [-0.2, 0) is 0 Å². The fourth-order valence-electron chi connectivity index (χ4n) is 20.9. The molecule has 0 saturated carbocycles. The number of anilines is 9. The minimum absolute atomic E-state index is 0.871. The van der Waals surface area contributed by atoms with Crippen LogP contribution in [0.1, 0.15) is 0 Å². The summed E-state index contributed by atoms with van der Waals surface area (Å²) in [6.07, 6.45) is 0. The largest absolute Gasteiger partial charge is 0.456 e. The Kier molecular flexibility index (Phi) is 23.3. The molecule has 0 aliphatic heterocycles. The minimum atomic E-state index is 0.871. The maximum absolute atomic E-state index is 6.56. The fraction of sp³-hybridized carbons (Fsp3) is 0. The number of fused-ring (bicyclic) bond motifs is 12. The van der Waals surface area contributed by atoms with Crippen molar-refractivity contribution >= 4 is 159 Å². The molecular formula is C138H93N3O2S. The van der Waals surface area contributed by atoms with Gasteiger partial charge in [-0.25, -0.2) is 0 Å². The number of hydrogen-bond acceptors (Lipinski definition) is 6. The normalized spacial score (nSPS) is 11.3. The number of benzene rings is 24. The summed E-state index contributed by atoms with van der Waals surface area (Å²) < 4.78 is 15.5. The van der Waals surface area contributed by atoms with Crippen molar-refractivity contribution in [2.45, 2.75) is 0 Å². The van der Waals surface area contributed by atoms with Crippen molar-refractivity contribution in [2.24, 2.45) is 0 Å². The molecule has 144 heavy (non-hydrogen) atoms. The number of thiophene rings is 1. The molecule has 0 aliphatic rings. The van der Waals surface area contributed by atoms with Gasteiger partial charge in [0.2, 0.25) is 0 Å². The van der Waals surface area contributed by atoms with Gasteiger partial charge in [-0.1, -0.05) is 437 Å². The molecule has 5 nitrogen and oxygen atoms in total. The van der Waals surface area contributed by atoms with E-state index in [1.54, 1.807) is 0 Å². The van der Waals surface area contributed by atoms with Crippen LogP contribution in [0.5, 0.6) is 0 Å². The molecule has 6 heteroatoms. The zero-order valence-corrected chi connectivity index (χ0v) is 79.6. The summed E-state index contributed by atoms with van der Waals surface area (Å²) in [6.45, 7) is 0. The van der Waals surface area contributed by atoms with Gasteiger partial charge in [0.1, 0.15) is 16.7 Å². The van der Waals surface area contributed by atoms with Gasteiger partial charge in [-0.15, -0.1) is 11.3 Å². The van der Waals surface area contributed by atoms with E-state index in [2.05, 4.69) is 555 Å². The fourth-order valence-corrected chi connectivity index (χ4v) is 22.0. The van der Waals surface area contributed by atoms with Crippen LogP contribution in [0.4, 0.5) is 51.2 Å². The number of hydrogen-bond donors (Lipinski definition) is 0. The van der Waals surface area contributed by atoms with Gasteiger partial charge >= 0.3 is 0 Å². The molecule has 0 fully saturated rings. The average molecular weight is 1860 g/mol. The van der Waals surface area contributed by atoms with E-state index < -0.39 is 0 Å².